The van der Waals surface area contributed by atoms with Crippen molar-refractivity contribution in [2.75, 3.05) is 11.9 Å². The molecule has 1 amide bonds. The van der Waals surface area contributed by atoms with E-state index >= 15 is 0 Å². The average molecular weight is 432 g/mol. The van der Waals surface area contributed by atoms with Gasteiger partial charge in [0.1, 0.15) is 5.75 Å². The lowest BCUT2D eigenvalue weighted by Gasteiger charge is -2.15. The third-order valence-electron chi connectivity index (χ3n) is 3.16. The van der Waals surface area contributed by atoms with Gasteiger partial charge in [0.05, 0.1) is 26.9 Å². The Bertz CT molecular complexity index is 799. The van der Waals surface area contributed by atoms with Gasteiger partial charge in [-0.15, -0.1) is 0 Å². The van der Waals surface area contributed by atoms with Gasteiger partial charge in [-0.2, -0.15) is 26.3 Å². The smallest absolute Gasteiger partial charge is 0.416 e. The molecule has 0 bridgehead atoms. The van der Waals surface area contributed by atoms with Crippen molar-refractivity contribution < 1.29 is 35.9 Å². The van der Waals surface area contributed by atoms with Crippen molar-refractivity contribution in [3.8, 4) is 5.75 Å². The van der Waals surface area contributed by atoms with E-state index in [1.807, 2.05) is 0 Å². The quantitative estimate of drug-likeness (QED) is 0.598. The summed E-state index contributed by atoms with van der Waals surface area (Å²) in [5.74, 6) is -1.64. The van der Waals surface area contributed by atoms with Gasteiger partial charge in [0.15, 0.2) is 6.61 Å². The Morgan fingerprint density at radius 2 is 1.41 bits per heavy atom. The number of nitrogens with one attached hydrogen (secondary N) is 1. The molecule has 0 saturated heterocycles. The van der Waals surface area contributed by atoms with Gasteiger partial charge in [0.25, 0.3) is 5.91 Å². The molecule has 0 aliphatic carbocycles. The van der Waals surface area contributed by atoms with Crippen molar-refractivity contribution in [3.05, 3.63) is 57.6 Å². The summed E-state index contributed by atoms with van der Waals surface area (Å²) in [4.78, 5) is 11.9. The van der Waals surface area contributed by atoms with Crippen molar-refractivity contribution in [2.24, 2.45) is 0 Å². The fourth-order valence-corrected chi connectivity index (χ4v) is 2.44. The van der Waals surface area contributed by atoms with E-state index in [1.54, 1.807) is 0 Å². The second-order valence-corrected chi connectivity index (χ2v) is 5.99. The van der Waals surface area contributed by atoms with E-state index in [0.29, 0.717) is 12.1 Å². The zero-order valence-electron chi connectivity index (χ0n) is 13.0. The summed E-state index contributed by atoms with van der Waals surface area (Å²) >= 11 is 11.7. The van der Waals surface area contributed by atoms with E-state index in [0.717, 1.165) is 0 Å². The fraction of sp³-hybridized carbons (Fsp3) is 0.188. The van der Waals surface area contributed by atoms with Crippen LogP contribution in [0.1, 0.15) is 11.1 Å². The molecule has 1 N–H and O–H groups in total. The lowest BCUT2D eigenvalue weighted by Crippen LogP contribution is -2.21. The molecule has 0 atom stereocenters. The van der Waals surface area contributed by atoms with Crippen molar-refractivity contribution in [1.29, 1.82) is 0 Å². The number of hydrogen-bond donors (Lipinski definition) is 1. The number of rotatable bonds is 4. The summed E-state index contributed by atoms with van der Waals surface area (Å²) in [5, 5.41) is 2.45. The lowest BCUT2D eigenvalue weighted by molar-refractivity contribution is -0.143. The van der Waals surface area contributed by atoms with Crippen LogP contribution in [0.25, 0.3) is 0 Å². The second-order valence-electron chi connectivity index (χ2n) is 5.18. The highest BCUT2D eigenvalue weighted by atomic mass is 35.5. The van der Waals surface area contributed by atoms with Gasteiger partial charge in [-0.05, 0) is 30.3 Å². The number of para-hydroxylation sites is 1. The summed E-state index contributed by atoms with van der Waals surface area (Å²) in [6.45, 7) is -0.861. The van der Waals surface area contributed by atoms with E-state index in [2.05, 4.69) is 5.32 Å². The number of anilines is 1. The van der Waals surface area contributed by atoms with Gasteiger partial charge in [-0.1, -0.05) is 29.3 Å². The van der Waals surface area contributed by atoms with E-state index in [-0.39, 0.29) is 21.8 Å². The summed E-state index contributed by atoms with van der Waals surface area (Å²) in [6, 6.07) is 5.04. The minimum absolute atomic E-state index is 0.0365. The first-order chi connectivity index (χ1) is 12.4. The molecule has 2 aromatic rings. The second kappa shape index (κ2) is 7.85. The molecule has 11 heteroatoms. The molecule has 2 aromatic carbocycles. The highest BCUT2D eigenvalue weighted by Crippen LogP contribution is 2.38. The van der Waals surface area contributed by atoms with Crippen LogP contribution in [-0.2, 0) is 17.1 Å². The van der Waals surface area contributed by atoms with Crippen molar-refractivity contribution >= 4 is 34.8 Å². The average Bonchev–Trinajstić information content (AvgIpc) is 2.54. The summed E-state index contributed by atoms with van der Waals surface area (Å²) in [5.41, 5.74) is -3.07. The van der Waals surface area contributed by atoms with Gasteiger partial charge in [0, 0.05) is 0 Å². The number of benzene rings is 2. The standard InChI is InChI=1S/C16H9Cl2F6NO2/c17-11-2-1-3-12(18)14(11)25-13(26)7-27-10-5-8(15(19,20)21)4-9(6-10)16(22,23)24/h1-6H,7H2,(H,25,26). The third kappa shape index (κ3) is 5.67. The molecule has 3 nitrogen and oxygen atoms in total. The Kier molecular flexibility index (Phi) is 6.16. The molecule has 27 heavy (non-hydrogen) atoms. The third-order valence-corrected chi connectivity index (χ3v) is 3.79. The first-order valence-corrected chi connectivity index (χ1v) is 7.79. The molecule has 0 fully saturated rings. The SMILES string of the molecule is O=C(COc1cc(C(F)(F)F)cc(C(F)(F)F)c1)Nc1c(Cl)cccc1Cl. The largest absolute Gasteiger partial charge is 0.484 e. The Hall–Kier alpha value is -2.13. The van der Waals surface area contributed by atoms with Crippen LogP contribution in [0.3, 0.4) is 0 Å². The van der Waals surface area contributed by atoms with Gasteiger partial charge in [-0.25, -0.2) is 0 Å². The van der Waals surface area contributed by atoms with E-state index in [9.17, 15) is 31.1 Å². The maximum atomic E-state index is 12.8. The molecular weight excluding hydrogens is 423 g/mol. The van der Waals surface area contributed by atoms with Crippen molar-refractivity contribution in [1.82, 2.24) is 0 Å². The van der Waals surface area contributed by atoms with Gasteiger partial charge in [-0.3, -0.25) is 4.79 Å². The molecule has 2 rings (SSSR count). The van der Waals surface area contributed by atoms with E-state index in [4.69, 9.17) is 27.9 Å². The number of ether oxygens (including phenoxy) is 1. The monoisotopic (exact) mass is 431 g/mol. The summed E-state index contributed by atoms with van der Waals surface area (Å²) < 4.78 is 81.5. The van der Waals surface area contributed by atoms with Crippen molar-refractivity contribution in [3.63, 3.8) is 0 Å². The zero-order valence-corrected chi connectivity index (χ0v) is 14.5. The fourth-order valence-electron chi connectivity index (χ4n) is 1.95. The van der Waals surface area contributed by atoms with Crippen LogP contribution >= 0.6 is 23.2 Å². The predicted octanol–water partition coefficient (Wildman–Crippen LogP) is 6.05. The first kappa shape index (κ1) is 21.2. The molecule has 0 heterocycles. The molecular formula is C16H9Cl2F6NO2. The summed E-state index contributed by atoms with van der Waals surface area (Å²) in [6.07, 6.45) is -10.0. The molecule has 0 aliphatic rings. The number of carbonyl (C=O) groups excluding carboxylic acids is 1. The Balaban J connectivity index is 2.18. The van der Waals surface area contributed by atoms with Crippen LogP contribution in [0.4, 0.5) is 32.0 Å². The maximum Gasteiger partial charge on any atom is 0.416 e. The van der Waals surface area contributed by atoms with Crippen molar-refractivity contribution in [2.45, 2.75) is 12.4 Å². The predicted molar refractivity (Wildman–Crippen MR) is 87.0 cm³/mol. The Labute approximate surface area is 158 Å². The van der Waals surface area contributed by atoms with Crippen LogP contribution in [-0.4, -0.2) is 12.5 Å². The minimum Gasteiger partial charge on any atom is -0.484 e. The number of amides is 1. The minimum atomic E-state index is -5.02. The number of carbonyl (C=O) groups is 1. The van der Waals surface area contributed by atoms with Crippen LogP contribution in [0.15, 0.2) is 36.4 Å². The highest BCUT2D eigenvalue weighted by Gasteiger charge is 2.37. The lowest BCUT2D eigenvalue weighted by atomic mass is 10.1. The normalized spacial score (nSPS) is 12.0. The maximum absolute atomic E-state index is 12.8. The van der Waals surface area contributed by atoms with E-state index < -0.39 is 41.7 Å². The van der Waals surface area contributed by atoms with Gasteiger partial charge < -0.3 is 10.1 Å². The molecule has 0 saturated carbocycles. The number of halogens is 8. The Morgan fingerprint density at radius 1 is 0.926 bits per heavy atom. The highest BCUT2D eigenvalue weighted by molar-refractivity contribution is 6.39. The molecule has 0 radical (unpaired) electrons. The van der Waals surface area contributed by atoms with Crippen LogP contribution < -0.4 is 10.1 Å². The van der Waals surface area contributed by atoms with Crippen LogP contribution in [0, 0.1) is 0 Å². The molecule has 146 valence electrons. The zero-order chi connectivity index (χ0) is 20.4. The first-order valence-electron chi connectivity index (χ1n) is 7.04. The molecule has 0 aromatic heterocycles. The number of alkyl halides is 6. The Morgan fingerprint density at radius 3 is 1.85 bits per heavy atom. The molecule has 0 unspecified atom stereocenters. The van der Waals surface area contributed by atoms with Gasteiger partial charge in [0.2, 0.25) is 0 Å². The summed E-state index contributed by atoms with van der Waals surface area (Å²) in [7, 11) is 0. The van der Waals surface area contributed by atoms with E-state index in [1.165, 1.54) is 18.2 Å². The topological polar surface area (TPSA) is 38.3 Å². The van der Waals surface area contributed by atoms with Crippen LogP contribution in [0.2, 0.25) is 10.0 Å². The van der Waals surface area contributed by atoms with Gasteiger partial charge >= 0.3 is 12.4 Å². The molecule has 0 aliphatic heterocycles. The molecule has 0 spiro atoms. The number of hydrogen-bond acceptors (Lipinski definition) is 2. The van der Waals surface area contributed by atoms with Crippen LogP contribution in [0.5, 0.6) is 5.75 Å².